The summed E-state index contributed by atoms with van der Waals surface area (Å²) in [5.41, 5.74) is 0. The van der Waals surface area contributed by atoms with Crippen molar-refractivity contribution in [2.45, 2.75) is 38.3 Å². The van der Waals surface area contributed by atoms with E-state index in [-0.39, 0.29) is 6.61 Å². The minimum absolute atomic E-state index is 0.0588. The fraction of sp³-hybridized carbons (Fsp3) is 1.00. The van der Waals surface area contributed by atoms with Gasteiger partial charge in [-0.15, -0.1) is 0 Å². The van der Waals surface area contributed by atoms with Crippen LogP contribution in [0.25, 0.3) is 0 Å². The van der Waals surface area contributed by atoms with Gasteiger partial charge in [0.25, 0.3) is 0 Å². The molecule has 0 bridgehead atoms. The first kappa shape index (κ1) is 13.8. The molecule has 0 unspecified atom stereocenters. The number of hydrogen-bond acceptors (Lipinski definition) is 2. The number of halogens is 3. The Bertz CT molecular complexity index is 192. The van der Waals surface area contributed by atoms with Gasteiger partial charge in [-0.1, -0.05) is 6.42 Å². The number of hydrogen-bond donors (Lipinski definition) is 1. The van der Waals surface area contributed by atoms with Crippen molar-refractivity contribution in [3.05, 3.63) is 0 Å². The average Bonchev–Trinajstić information content (AvgIpc) is 2.09. The SMILES string of the molecule is OCCCCN(CC1CCC1)CC(F)(F)F. The standard InChI is InChI=1S/C11H20F3NO/c12-11(13,14)9-15(6-1-2-7-16)8-10-4-3-5-10/h10,16H,1-9H2. The number of unbranched alkanes of at least 4 members (excludes halogenated alkanes) is 1. The summed E-state index contributed by atoms with van der Waals surface area (Å²) >= 11 is 0. The van der Waals surface area contributed by atoms with E-state index >= 15 is 0 Å². The highest BCUT2D eigenvalue weighted by Gasteiger charge is 2.32. The maximum Gasteiger partial charge on any atom is 0.401 e. The summed E-state index contributed by atoms with van der Waals surface area (Å²) in [4.78, 5) is 1.49. The lowest BCUT2D eigenvalue weighted by atomic mass is 9.85. The fourth-order valence-corrected chi connectivity index (χ4v) is 1.98. The van der Waals surface area contributed by atoms with Crippen LogP contribution < -0.4 is 0 Å². The van der Waals surface area contributed by atoms with E-state index in [9.17, 15) is 13.2 Å². The predicted molar refractivity (Wildman–Crippen MR) is 56.2 cm³/mol. The highest BCUT2D eigenvalue weighted by atomic mass is 19.4. The minimum atomic E-state index is -4.11. The second kappa shape index (κ2) is 6.45. The molecule has 1 N–H and O–H groups in total. The number of rotatable bonds is 7. The lowest BCUT2D eigenvalue weighted by Gasteiger charge is -2.32. The summed E-state index contributed by atoms with van der Waals surface area (Å²) in [5, 5.41) is 8.61. The zero-order valence-electron chi connectivity index (χ0n) is 9.47. The van der Waals surface area contributed by atoms with E-state index in [1.807, 2.05) is 0 Å². The topological polar surface area (TPSA) is 23.5 Å². The van der Waals surface area contributed by atoms with Crippen LogP contribution in [0.5, 0.6) is 0 Å². The third-order valence-corrected chi connectivity index (χ3v) is 3.03. The first-order valence-electron chi connectivity index (χ1n) is 5.91. The van der Waals surface area contributed by atoms with Gasteiger partial charge in [0.2, 0.25) is 0 Å². The van der Waals surface area contributed by atoms with E-state index in [1.54, 1.807) is 0 Å². The molecule has 2 nitrogen and oxygen atoms in total. The van der Waals surface area contributed by atoms with Gasteiger partial charge in [-0.2, -0.15) is 13.2 Å². The van der Waals surface area contributed by atoms with E-state index in [0.717, 1.165) is 19.3 Å². The van der Waals surface area contributed by atoms with Crippen LogP contribution in [0.15, 0.2) is 0 Å². The summed E-state index contributed by atoms with van der Waals surface area (Å²) in [5.74, 6) is 0.455. The van der Waals surface area contributed by atoms with Crippen molar-refractivity contribution >= 4 is 0 Å². The molecule has 1 rings (SSSR count). The molecule has 0 heterocycles. The van der Waals surface area contributed by atoms with Crippen LogP contribution in [0.3, 0.4) is 0 Å². The van der Waals surface area contributed by atoms with Crippen LogP contribution >= 0.6 is 0 Å². The molecule has 0 amide bonds. The highest BCUT2D eigenvalue weighted by Crippen LogP contribution is 2.28. The highest BCUT2D eigenvalue weighted by molar-refractivity contribution is 4.75. The predicted octanol–water partition coefficient (Wildman–Crippen LogP) is 2.42. The van der Waals surface area contributed by atoms with Crippen molar-refractivity contribution < 1.29 is 18.3 Å². The van der Waals surface area contributed by atoms with Gasteiger partial charge >= 0.3 is 6.18 Å². The zero-order valence-corrected chi connectivity index (χ0v) is 9.47. The second-order valence-corrected chi connectivity index (χ2v) is 4.58. The Morgan fingerprint density at radius 2 is 1.88 bits per heavy atom. The van der Waals surface area contributed by atoms with E-state index in [0.29, 0.717) is 31.8 Å². The van der Waals surface area contributed by atoms with E-state index in [4.69, 9.17) is 5.11 Å². The molecule has 16 heavy (non-hydrogen) atoms. The molecule has 96 valence electrons. The summed E-state index contributed by atoms with van der Waals surface area (Å²) in [6.07, 6.45) is 0.394. The number of alkyl halides is 3. The van der Waals surface area contributed by atoms with Crippen LogP contribution in [-0.4, -0.2) is 42.4 Å². The molecule has 0 spiro atoms. The van der Waals surface area contributed by atoms with E-state index in [1.165, 1.54) is 4.90 Å². The molecule has 1 saturated carbocycles. The summed E-state index contributed by atoms with van der Waals surface area (Å²) in [7, 11) is 0. The van der Waals surface area contributed by atoms with Gasteiger partial charge < -0.3 is 5.11 Å². The van der Waals surface area contributed by atoms with Crippen LogP contribution in [0.4, 0.5) is 13.2 Å². The molecule has 0 saturated heterocycles. The van der Waals surface area contributed by atoms with Gasteiger partial charge in [0, 0.05) is 13.2 Å². The first-order valence-corrected chi connectivity index (χ1v) is 5.91. The van der Waals surface area contributed by atoms with Crippen molar-refractivity contribution in [1.82, 2.24) is 4.90 Å². The van der Waals surface area contributed by atoms with Gasteiger partial charge in [-0.05, 0) is 38.1 Å². The second-order valence-electron chi connectivity index (χ2n) is 4.58. The maximum atomic E-state index is 12.3. The van der Waals surface area contributed by atoms with Crippen LogP contribution in [0, 0.1) is 5.92 Å². The van der Waals surface area contributed by atoms with Gasteiger partial charge in [-0.3, -0.25) is 4.90 Å². The Morgan fingerprint density at radius 1 is 1.19 bits per heavy atom. The van der Waals surface area contributed by atoms with Gasteiger partial charge in [0.1, 0.15) is 0 Å². The van der Waals surface area contributed by atoms with Gasteiger partial charge in [0.05, 0.1) is 6.54 Å². The van der Waals surface area contributed by atoms with Crippen molar-refractivity contribution in [2.75, 3.05) is 26.2 Å². The minimum Gasteiger partial charge on any atom is -0.396 e. The van der Waals surface area contributed by atoms with Crippen LogP contribution in [0.1, 0.15) is 32.1 Å². The largest absolute Gasteiger partial charge is 0.401 e. The molecular weight excluding hydrogens is 219 g/mol. The number of nitrogens with zero attached hydrogens (tertiary/aromatic N) is 1. The van der Waals surface area contributed by atoms with Crippen LogP contribution in [-0.2, 0) is 0 Å². The van der Waals surface area contributed by atoms with Crippen molar-refractivity contribution in [2.24, 2.45) is 5.92 Å². The van der Waals surface area contributed by atoms with Gasteiger partial charge in [0.15, 0.2) is 0 Å². The lowest BCUT2D eigenvalue weighted by molar-refractivity contribution is -0.148. The van der Waals surface area contributed by atoms with Crippen molar-refractivity contribution in [3.8, 4) is 0 Å². The number of aliphatic hydroxyl groups is 1. The molecule has 1 aliphatic carbocycles. The normalized spacial score (nSPS) is 17.8. The molecular formula is C11H20F3NO. The quantitative estimate of drug-likeness (QED) is 0.690. The lowest BCUT2D eigenvalue weighted by Crippen LogP contribution is -2.39. The monoisotopic (exact) mass is 239 g/mol. The summed E-state index contributed by atoms with van der Waals surface area (Å²) < 4.78 is 36.9. The Hall–Kier alpha value is -0.290. The van der Waals surface area contributed by atoms with Crippen molar-refractivity contribution in [1.29, 1.82) is 0 Å². The molecule has 0 radical (unpaired) electrons. The Balaban J connectivity index is 2.28. The smallest absolute Gasteiger partial charge is 0.396 e. The number of aliphatic hydroxyl groups excluding tert-OH is 1. The zero-order chi connectivity index (χ0) is 12.0. The molecule has 0 aromatic carbocycles. The third kappa shape index (κ3) is 5.70. The first-order chi connectivity index (χ1) is 7.51. The Kier molecular flexibility index (Phi) is 5.55. The molecule has 1 fully saturated rings. The van der Waals surface area contributed by atoms with Gasteiger partial charge in [-0.25, -0.2) is 0 Å². The Morgan fingerprint density at radius 3 is 2.31 bits per heavy atom. The molecule has 1 aliphatic rings. The van der Waals surface area contributed by atoms with Crippen LogP contribution in [0.2, 0.25) is 0 Å². The summed E-state index contributed by atoms with van der Waals surface area (Å²) in [6, 6.07) is 0. The van der Waals surface area contributed by atoms with E-state index < -0.39 is 12.7 Å². The summed E-state index contributed by atoms with van der Waals surface area (Å²) in [6.45, 7) is 0.250. The molecule has 5 heteroatoms. The fourth-order valence-electron chi connectivity index (χ4n) is 1.98. The third-order valence-electron chi connectivity index (χ3n) is 3.03. The molecule has 0 aromatic rings. The molecule has 0 aromatic heterocycles. The molecule has 0 atom stereocenters. The van der Waals surface area contributed by atoms with Crippen molar-refractivity contribution in [3.63, 3.8) is 0 Å². The average molecular weight is 239 g/mol. The molecule has 0 aliphatic heterocycles. The van der Waals surface area contributed by atoms with E-state index in [2.05, 4.69) is 0 Å². The Labute approximate surface area is 94.4 Å². The maximum absolute atomic E-state index is 12.3.